The highest BCUT2D eigenvalue weighted by atomic mass is 32.2. The SMILES string of the molecule is C[C@H](SCCCCCCCCCCS[C@@H](C)C(=O)O)C(=O)O. The number of carboxylic acids is 2. The highest BCUT2D eigenvalue weighted by Crippen LogP contribution is 2.16. The Balaban J connectivity index is 3.18. The Morgan fingerprint density at radius 1 is 0.682 bits per heavy atom. The van der Waals surface area contributed by atoms with Crippen LogP contribution in [0.3, 0.4) is 0 Å². The van der Waals surface area contributed by atoms with Crippen molar-refractivity contribution in [3.63, 3.8) is 0 Å². The first-order valence-corrected chi connectivity index (χ1v) is 10.2. The first-order valence-electron chi connectivity index (χ1n) is 8.14. The van der Waals surface area contributed by atoms with Gasteiger partial charge in [0, 0.05) is 0 Å². The highest BCUT2D eigenvalue weighted by molar-refractivity contribution is 8.00. The van der Waals surface area contributed by atoms with Gasteiger partial charge in [-0.25, -0.2) is 0 Å². The summed E-state index contributed by atoms with van der Waals surface area (Å²) in [5.74, 6) is 0.431. The van der Waals surface area contributed by atoms with E-state index in [1.807, 2.05) is 0 Å². The van der Waals surface area contributed by atoms with Crippen LogP contribution in [0.15, 0.2) is 0 Å². The van der Waals surface area contributed by atoms with Gasteiger partial charge in [0.2, 0.25) is 0 Å². The molecule has 0 aromatic carbocycles. The number of carbonyl (C=O) groups is 2. The van der Waals surface area contributed by atoms with E-state index in [0.717, 1.165) is 24.3 Å². The van der Waals surface area contributed by atoms with Gasteiger partial charge in [-0.15, -0.1) is 23.5 Å². The number of thioether (sulfide) groups is 2. The summed E-state index contributed by atoms with van der Waals surface area (Å²) in [6.45, 7) is 3.48. The molecule has 2 atom stereocenters. The molecule has 0 aliphatic rings. The zero-order valence-corrected chi connectivity index (χ0v) is 15.4. The third-order valence-corrected chi connectivity index (χ3v) is 5.92. The molecule has 2 N–H and O–H groups in total. The lowest BCUT2D eigenvalue weighted by Gasteiger charge is -2.06. The molecule has 0 saturated heterocycles. The second kappa shape index (κ2) is 14.2. The molecule has 0 aromatic rings. The number of aliphatic carboxylic acids is 2. The molecular weight excluding hydrogens is 320 g/mol. The van der Waals surface area contributed by atoms with Crippen molar-refractivity contribution < 1.29 is 19.8 Å². The maximum absolute atomic E-state index is 10.6. The third kappa shape index (κ3) is 13.3. The summed E-state index contributed by atoms with van der Waals surface area (Å²) in [6, 6.07) is 0. The molecule has 0 rings (SSSR count). The Kier molecular flexibility index (Phi) is 14.0. The van der Waals surface area contributed by atoms with Crippen LogP contribution >= 0.6 is 23.5 Å². The second-order valence-electron chi connectivity index (χ2n) is 5.53. The van der Waals surface area contributed by atoms with Crippen LogP contribution in [0, 0.1) is 0 Å². The fourth-order valence-corrected chi connectivity index (χ4v) is 3.66. The van der Waals surface area contributed by atoms with E-state index in [-0.39, 0.29) is 10.5 Å². The number of carboxylic acid groups (broad SMARTS) is 2. The number of hydrogen-bond donors (Lipinski definition) is 2. The second-order valence-corrected chi connectivity index (χ2v) is 8.43. The Hall–Kier alpha value is -0.360. The van der Waals surface area contributed by atoms with Crippen LogP contribution in [0.1, 0.15) is 65.2 Å². The summed E-state index contributed by atoms with van der Waals surface area (Å²) >= 11 is 3.04. The van der Waals surface area contributed by atoms with Gasteiger partial charge in [-0.1, -0.05) is 38.5 Å². The summed E-state index contributed by atoms with van der Waals surface area (Å²) < 4.78 is 0. The van der Waals surface area contributed by atoms with Crippen molar-refractivity contribution in [1.29, 1.82) is 0 Å². The van der Waals surface area contributed by atoms with Gasteiger partial charge in [0.1, 0.15) is 0 Å². The molecule has 0 aliphatic carbocycles. The molecule has 0 fully saturated rings. The van der Waals surface area contributed by atoms with Gasteiger partial charge in [-0.2, -0.15) is 0 Å². The summed E-state index contributed by atoms with van der Waals surface area (Å²) in [7, 11) is 0. The molecule has 0 radical (unpaired) electrons. The number of unbranched alkanes of at least 4 members (excludes halogenated alkanes) is 7. The zero-order valence-electron chi connectivity index (χ0n) is 13.8. The maximum Gasteiger partial charge on any atom is 0.316 e. The summed E-state index contributed by atoms with van der Waals surface area (Å²) in [4.78, 5) is 21.3. The predicted molar refractivity (Wildman–Crippen MR) is 96.0 cm³/mol. The van der Waals surface area contributed by atoms with Gasteiger partial charge in [-0.05, 0) is 38.2 Å². The lowest BCUT2D eigenvalue weighted by molar-refractivity contribution is -0.137. The Morgan fingerprint density at radius 3 is 1.23 bits per heavy atom. The fraction of sp³-hybridized carbons (Fsp3) is 0.875. The van der Waals surface area contributed by atoms with Crippen LogP contribution in [0.4, 0.5) is 0 Å². The monoisotopic (exact) mass is 350 g/mol. The van der Waals surface area contributed by atoms with E-state index in [1.54, 1.807) is 13.8 Å². The van der Waals surface area contributed by atoms with Crippen LogP contribution < -0.4 is 0 Å². The molecule has 0 amide bonds. The van der Waals surface area contributed by atoms with E-state index in [4.69, 9.17) is 10.2 Å². The average Bonchev–Trinajstić information content (AvgIpc) is 2.47. The van der Waals surface area contributed by atoms with Gasteiger partial charge in [0.25, 0.3) is 0 Å². The molecule has 0 saturated carbocycles. The summed E-state index contributed by atoms with van der Waals surface area (Å²) in [6.07, 6.45) is 9.53. The molecule has 0 heterocycles. The standard InChI is InChI=1S/C16H30O4S2/c1-13(15(17)18)21-11-9-7-5-3-4-6-8-10-12-22-14(2)16(19)20/h13-14H,3-12H2,1-2H3,(H,17,18)(H,19,20)/t13-,14-/m0/s1. The quantitative estimate of drug-likeness (QED) is 0.423. The van der Waals surface area contributed by atoms with Crippen LogP contribution in [0.25, 0.3) is 0 Å². The topological polar surface area (TPSA) is 74.6 Å². The molecule has 6 heteroatoms. The van der Waals surface area contributed by atoms with Crippen LogP contribution in [0.2, 0.25) is 0 Å². The molecule has 22 heavy (non-hydrogen) atoms. The lowest BCUT2D eigenvalue weighted by Crippen LogP contribution is -2.11. The van der Waals surface area contributed by atoms with Crippen molar-refractivity contribution >= 4 is 35.5 Å². The third-order valence-electron chi connectivity index (χ3n) is 3.47. The van der Waals surface area contributed by atoms with Gasteiger partial charge < -0.3 is 10.2 Å². The first-order chi connectivity index (χ1) is 10.4. The highest BCUT2D eigenvalue weighted by Gasteiger charge is 2.10. The van der Waals surface area contributed by atoms with Crippen LogP contribution in [-0.2, 0) is 9.59 Å². The van der Waals surface area contributed by atoms with Crippen molar-refractivity contribution in [2.75, 3.05) is 11.5 Å². The van der Waals surface area contributed by atoms with E-state index < -0.39 is 11.9 Å². The Bertz CT molecular complexity index is 281. The normalized spacial score (nSPS) is 13.7. The Labute approximate surface area is 142 Å². The van der Waals surface area contributed by atoms with Gasteiger partial charge in [0.05, 0.1) is 10.5 Å². The first kappa shape index (κ1) is 21.6. The zero-order chi connectivity index (χ0) is 16.8. The van der Waals surface area contributed by atoms with Crippen molar-refractivity contribution in [3.8, 4) is 0 Å². The largest absolute Gasteiger partial charge is 0.480 e. The molecule has 0 aliphatic heterocycles. The van der Waals surface area contributed by atoms with Gasteiger partial charge in [0.15, 0.2) is 0 Å². The minimum Gasteiger partial charge on any atom is -0.480 e. The van der Waals surface area contributed by atoms with E-state index in [1.165, 1.54) is 62.0 Å². The van der Waals surface area contributed by atoms with Gasteiger partial charge in [-0.3, -0.25) is 9.59 Å². The molecule has 0 aromatic heterocycles. The fourth-order valence-electron chi connectivity index (χ4n) is 1.93. The maximum atomic E-state index is 10.6. The minimum absolute atomic E-state index is 0.290. The summed E-state index contributed by atoms with van der Waals surface area (Å²) in [5, 5.41) is 16.9. The van der Waals surface area contributed by atoms with E-state index >= 15 is 0 Å². The van der Waals surface area contributed by atoms with Gasteiger partial charge >= 0.3 is 11.9 Å². The molecule has 4 nitrogen and oxygen atoms in total. The van der Waals surface area contributed by atoms with E-state index in [9.17, 15) is 9.59 Å². The van der Waals surface area contributed by atoms with Crippen LogP contribution in [0.5, 0.6) is 0 Å². The lowest BCUT2D eigenvalue weighted by atomic mass is 10.1. The van der Waals surface area contributed by atoms with Crippen molar-refractivity contribution in [2.45, 2.75) is 75.7 Å². The predicted octanol–water partition coefficient (Wildman–Crippen LogP) is 4.52. The minimum atomic E-state index is -0.721. The van der Waals surface area contributed by atoms with Crippen LogP contribution in [-0.4, -0.2) is 44.2 Å². The average molecular weight is 351 g/mol. The Morgan fingerprint density at radius 2 is 0.955 bits per heavy atom. The van der Waals surface area contributed by atoms with Crippen molar-refractivity contribution in [3.05, 3.63) is 0 Å². The smallest absolute Gasteiger partial charge is 0.316 e. The molecule has 0 spiro atoms. The number of rotatable bonds is 15. The molecule has 0 bridgehead atoms. The molecular formula is C16H30O4S2. The molecule has 130 valence electrons. The number of hydrogen-bond acceptors (Lipinski definition) is 4. The molecule has 0 unspecified atom stereocenters. The van der Waals surface area contributed by atoms with E-state index in [2.05, 4.69) is 0 Å². The summed E-state index contributed by atoms with van der Waals surface area (Å²) in [5.41, 5.74) is 0. The van der Waals surface area contributed by atoms with Crippen molar-refractivity contribution in [2.24, 2.45) is 0 Å². The van der Waals surface area contributed by atoms with Crippen molar-refractivity contribution in [1.82, 2.24) is 0 Å². The van der Waals surface area contributed by atoms with E-state index in [0.29, 0.717) is 0 Å².